The average molecular weight is 187 g/mol. The summed E-state index contributed by atoms with van der Waals surface area (Å²) in [5.74, 6) is 0. The van der Waals surface area contributed by atoms with Crippen LogP contribution in [-0.2, 0) is 0 Å². The number of hydrogen-bond donors (Lipinski definition) is 1. The molecule has 0 radical (unpaired) electrons. The van der Waals surface area contributed by atoms with Gasteiger partial charge in [0.25, 0.3) is 0 Å². The SMILES string of the molecule is Cc1ccc(/C=C2/CCCCN2)cc1. The molecule has 74 valence electrons. The molecule has 1 nitrogen and oxygen atoms in total. The Morgan fingerprint density at radius 3 is 2.57 bits per heavy atom. The standard InChI is InChI=1S/C13H17N/c1-11-5-7-12(8-6-11)10-13-4-2-3-9-14-13/h5-8,10,14H,2-4,9H2,1H3/b13-10-. The average Bonchev–Trinajstić information content (AvgIpc) is 2.23. The van der Waals surface area contributed by atoms with Gasteiger partial charge in [0.15, 0.2) is 0 Å². The lowest BCUT2D eigenvalue weighted by molar-refractivity contribution is 0.592. The van der Waals surface area contributed by atoms with Gasteiger partial charge >= 0.3 is 0 Å². The smallest absolute Gasteiger partial charge is 0.0144 e. The van der Waals surface area contributed by atoms with E-state index in [4.69, 9.17) is 0 Å². The number of aryl methyl sites for hydroxylation is 1. The molecular weight excluding hydrogens is 170 g/mol. The lowest BCUT2D eigenvalue weighted by Gasteiger charge is -2.16. The molecule has 0 aromatic heterocycles. The topological polar surface area (TPSA) is 12.0 Å². The Balaban J connectivity index is 2.11. The molecule has 1 aliphatic rings. The first kappa shape index (κ1) is 9.32. The van der Waals surface area contributed by atoms with Crippen molar-refractivity contribution in [2.24, 2.45) is 0 Å². The molecular formula is C13H17N. The molecule has 14 heavy (non-hydrogen) atoms. The van der Waals surface area contributed by atoms with Crippen LogP contribution in [0.5, 0.6) is 0 Å². The summed E-state index contributed by atoms with van der Waals surface area (Å²) in [6, 6.07) is 8.68. The molecule has 0 amide bonds. The van der Waals surface area contributed by atoms with Gasteiger partial charge in [-0.05, 0) is 37.8 Å². The van der Waals surface area contributed by atoms with Crippen molar-refractivity contribution in [3.05, 3.63) is 41.1 Å². The van der Waals surface area contributed by atoms with Gasteiger partial charge in [-0.25, -0.2) is 0 Å². The van der Waals surface area contributed by atoms with Gasteiger partial charge in [0.05, 0.1) is 0 Å². The van der Waals surface area contributed by atoms with E-state index in [-0.39, 0.29) is 0 Å². The minimum absolute atomic E-state index is 1.14. The van der Waals surface area contributed by atoms with Crippen LogP contribution in [0, 0.1) is 6.92 Å². The Bertz CT molecular complexity index is 314. The highest BCUT2D eigenvalue weighted by molar-refractivity contribution is 5.52. The van der Waals surface area contributed by atoms with Crippen molar-refractivity contribution >= 4 is 6.08 Å². The van der Waals surface area contributed by atoms with Crippen molar-refractivity contribution in [1.29, 1.82) is 0 Å². The summed E-state index contributed by atoms with van der Waals surface area (Å²) in [5.41, 5.74) is 4.02. The summed E-state index contributed by atoms with van der Waals surface area (Å²) in [5, 5.41) is 3.44. The first-order chi connectivity index (χ1) is 6.84. The highest BCUT2D eigenvalue weighted by Gasteiger charge is 2.03. The van der Waals surface area contributed by atoms with E-state index in [1.165, 1.54) is 36.1 Å². The molecule has 1 heterocycles. The van der Waals surface area contributed by atoms with Crippen LogP contribution < -0.4 is 5.32 Å². The van der Waals surface area contributed by atoms with E-state index in [0.717, 1.165) is 6.54 Å². The molecule has 1 aromatic carbocycles. The zero-order valence-corrected chi connectivity index (χ0v) is 8.72. The summed E-state index contributed by atoms with van der Waals surface area (Å²) in [4.78, 5) is 0. The van der Waals surface area contributed by atoms with E-state index in [1.54, 1.807) is 0 Å². The second kappa shape index (κ2) is 4.32. The Labute approximate surface area is 85.8 Å². The fourth-order valence-corrected chi connectivity index (χ4v) is 1.76. The van der Waals surface area contributed by atoms with Crippen molar-refractivity contribution in [1.82, 2.24) is 5.32 Å². The molecule has 1 aliphatic heterocycles. The maximum absolute atomic E-state index is 3.44. The third-order valence-corrected chi connectivity index (χ3v) is 2.64. The monoisotopic (exact) mass is 187 g/mol. The second-order valence-electron chi connectivity index (χ2n) is 3.96. The largest absolute Gasteiger partial charge is 0.388 e. The van der Waals surface area contributed by atoms with Crippen LogP contribution in [0.3, 0.4) is 0 Å². The minimum atomic E-state index is 1.14. The molecule has 1 aromatic rings. The number of rotatable bonds is 1. The van der Waals surface area contributed by atoms with Crippen LogP contribution >= 0.6 is 0 Å². The Hall–Kier alpha value is -1.24. The van der Waals surface area contributed by atoms with Crippen LogP contribution in [0.25, 0.3) is 6.08 Å². The molecule has 0 bridgehead atoms. The maximum Gasteiger partial charge on any atom is 0.0144 e. The highest BCUT2D eigenvalue weighted by atomic mass is 14.9. The van der Waals surface area contributed by atoms with Crippen LogP contribution in [-0.4, -0.2) is 6.54 Å². The van der Waals surface area contributed by atoms with Gasteiger partial charge in [-0.1, -0.05) is 29.8 Å². The summed E-state index contributed by atoms with van der Waals surface area (Å²) in [7, 11) is 0. The molecule has 1 fully saturated rings. The number of allylic oxidation sites excluding steroid dienone is 1. The second-order valence-corrected chi connectivity index (χ2v) is 3.96. The van der Waals surface area contributed by atoms with E-state index in [2.05, 4.69) is 42.6 Å². The molecule has 0 spiro atoms. The summed E-state index contributed by atoms with van der Waals surface area (Å²) >= 11 is 0. The third kappa shape index (κ3) is 2.38. The third-order valence-electron chi connectivity index (χ3n) is 2.64. The lowest BCUT2D eigenvalue weighted by atomic mass is 10.1. The fourth-order valence-electron chi connectivity index (χ4n) is 1.76. The Morgan fingerprint density at radius 1 is 1.14 bits per heavy atom. The van der Waals surface area contributed by atoms with Gasteiger partial charge in [0, 0.05) is 12.2 Å². The predicted molar refractivity (Wildman–Crippen MR) is 61.0 cm³/mol. The molecule has 0 saturated carbocycles. The molecule has 1 N–H and O–H groups in total. The number of benzene rings is 1. The van der Waals surface area contributed by atoms with Crippen LogP contribution in [0.15, 0.2) is 30.0 Å². The number of hydrogen-bond acceptors (Lipinski definition) is 1. The minimum Gasteiger partial charge on any atom is -0.388 e. The zero-order chi connectivity index (χ0) is 9.80. The van der Waals surface area contributed by atoms with Crippen molar-refractivity contribution < 1.29 is 0 Å². The molecule has 1 saturated heterocycles. The van der Waals surface area contributed by atoms with E-state index in [0.29, 0.717) is 0 Å². The van der Waals surface area contributed by atoms with Crippen molar-refractivity contribution in [2.75, 3.05) is 6.54 Å². The molecule has 2 rings (SSSR count). The van der Waals surface area contributed by atoms with Gasteiger partial charge in [0.1, 0.15) is 0 Å². The number of nitrogens with one attached hydrogen (secondary N) is 1. The quantitative estimate of drug-likeness (QED) is 0.712. The lowest BCUT2D eigenvalue weighted by Crippen LogP contribution is -2.19. The summed E-state index contributed by atoms with van der Waals surface area (Å²) < 4.78 is 0. The number of piperidine rings is 1. The maximum atomic E-state index is 3.44. The van der Waals surface area contributed by atoms with E-state index in [9.17, 15) is 0 Å². The van der Waals surface area contributed by atoms with Crippen LogP contribution in [0.2, 0.25) is 0 Å². The van der Waals surface area contributed by atoms with Gasteiger partial charge in [-0.2, -0.15) is 0 Å². The Kier molecular flexibility index (Phi) is 2.87. The summed E-state index contributed by atoms with van der Waals surface area (Å²) in [6.45, 7) is 3.26. The molecule has 1 heteroatoms. The normalized spacial score (nSPS) is 19.4. The predicted octanol–water partition coefficient (Wildman–Crippen LogP) is 3.11. The Morgan fingerprint density at radius 2 is 1.93 bits per heavy atom. The molecule has 0 unspecified atom stereocenters. The van der Waals surface area contributed by atoms with Crippen molar-refractivity contribution in [3.8, 4) is 0 Å². The summed E-state index contributed by atoms with van der Waals surface area (Å²) in [6.07, 6.45) is 6.10. The van der Waals surface area contributed by atoms with Gasteiger partial charge in [-0.15, -0.1) is 0 Å². The van der Waals surface area contributed by atoms with E-state index in [1.807, 2.05) is 0 Å². The van der Waals surface area contributed by atoms with Crippen molar-refractivity contribution in [2.45, 2.75) is 26.2 Å². The van der Waals surface area contributed by atoms with E-state index < -0.39 is 0 Å². The fraction of sp³-hybridized carbons (Fsp3) is 0.385. The van der Waals surface area contributed by atoms with Gasteiger partial charge < -0.3 is 5.32 Å². The van der Waals surface area contributed by atoms with Crippen LogP contribution in [0.4, 0.5) is 0 Å². The molecule has 0 aliphatic carbocycles. The zero-order valence-electron chi connectivity index (χ0n) is 8.72. The molecule has 0 atom stereocenters. The highest BCUT2D eigenvalue weighted by Crippen LogP contribution is 2.14. The first-order valence-electron chi connectivity index (χ1n) is 5.36. The first-order valence-corrected chi connectivity index (χ1v) is 5.36. The van der Waals surface area contributed by atoms with Gasteiger partial charge in [0.2, 0.25) is 0 Å². The van der Waals surface area contributed by atoms with E-state index >= 15 is 0 Å². The van der Waals surface area contributed by atoms with Gasteiger partial charge in [-0.3, -0.25) is 0 Å². The van der Waals surface area contributed by atoms with Crippen LogP contribution in [0.1, 0.15) is 30.4 Å². The van der Waals surface area contributed by atoms with Crippen molar-refractivity contribution in [3.63, 3.8) is 0 Å².